The molecular formula is C13H20N2O4. The van der Waals surface area contributed by atoms with Gasteiger partial charge in [0.05, 0.1) is 11.7 Å². The quantitative estimate of drug-likeness (QED) is 0.731. The van der Waals surface area contributed by atoms with E-state index in [9.17, 15) is 9.59 Å². The molecule has 1 rings (SSSR count). The minimum absolute atomic E-state index is 0.0711. The monoisotopic (exact) mass is 268 g/mol. The van der Waals surface area contributed by atoms with Crippen molar-refractivity contribution < 1.29 is 19.1 Å². The molecule has 0 spiro atoms. The zero-order chi connectivity index (χ0) is 14.5. The van der Waals surface area contributed by atoms with E-state index in [0.29, 0.717) is 6.42 Å². The van der Waals surface area contributed by atoms with Crippen LogP contribution >= 0.6 is 0 Å². The van der Waals surface area contributed by atoms with Crippen molar-refractivity contribution in [3.05, 3.63) is 24.2 Å². The summed E-state index contributed by atoms with van der Waals surface area (Å²) in [5, 5.41) is 14.2. The van der Waals surface area contributed by atoms with Gasteiger partial charge in [0.25, 0.3) is 0 Å². The van der Waals surface area contributed by atoms with Gasteiger partial charge in [-0.3, -0.25) is 4.79 Å². The van der Waals surface area contributed by atoms with Gasteiger partial charge in [-0.1, -0.05) is 0 Å². The molecule has 106 valence electrons. The third kappa shape index (κ3) is 5.03. The molecule has 1 unspecified atom stereocenters. The SMILES string of the molecule is CC(Cc1ccco1)NC(=O)NCC(C)(C)C(=O)O. The summed E-state index contributed by atoms with van der Waals surface area (Å²) in [5.41, 5.74) is -0.985. The Hall–Kier alpha value is -1.98. The fraction of sp³-hybridized carbons (Fsp3) is 0.538. The third-order valence-electron chi connectivity index (χ3n) is 2.73. The van der Waals surface area contributed by atoms with Crippen LogP contribution in [-0.2, 0) is 11.2 Å². The van der Waals surface area contributed by atoms with E-state index in [1.165, 1.54) is 0 Å². The van der Waals surface area contributed by atoms with E-state index in [4.69, 9.17) is 9.52 Å². The zero-order valence-corrected chi connectivity index (χ0v) is 11.4. The van der Waals surface area contributed by atoms with E-state index < -0.39 is 11.4 Å². The molecule has 0 aliphatic rings. The number of rotatable bonds is 6. The number of carboxylic acids is 1. The minimum Gasteiger partial charge on any atom is -0.481 e. The van der Waals surface area contributed by atoms with Crippen LogP contribution in [-0.4, -0.2) is 29.7 Å². The Morgan fingerprint density at radius 1 is 1.47 bits per heavy atom. The van der Waals surface area contributed by atoms with Gasteiger partial charge in [0.2, 0.25) is 0 Å². The molecule has 6 nitrogen and oxygen atoms in total. The average Bonchev–Trinajstić information content (AvgIpc) is 2.78. The summed E-state index contributed by atoms with van der Waals surface area (Å²) in [7, 11) is 0. The molecule has 0 aliphatic heterocycles. The molecule has 0 saturated carbocycles. The normalized spacial score (nSPS) is 12.8. The van der Waals surface area contributed by atoms with Crippen molar-refractivity contribution in [2.45, 2.75) is 33.2 Å². The first kappa shape index (κ1) is 15.1. The van der Waals surface area contributed by atoms with Crippen LogP contribution in [0.25, 0.3) is 0 Å². The summed E-state index contributed by atoms with van der Waals surface area (Å²) >= 11 is 0. The molecule has 1 heterocycles. The summed E-state index contributed by atoms with van der Waals surface area (Å²) in [5.74, 6) is -0.157. The lowest BCUT2D eigenvalue weighted by molar-refractivity contribution is -0.146. The number of carbonyl (C=O) groups is 2. The lowest BCUT2D eigenvalue weighted by Gasteiger charge is -2.20. The van der Waals surface area contributed by atoms with Gasteiger partial charge in [0.1, 0.15) is 5.76 Å². The molecule has 1 aromatic rings. The molecule has 0 aliphatic carbocycles. The average molecular weight is 268 g/mol. The second kappa shape index (κ2) is 6.26. The van der Waals surface area contributed by atoms with Crippen LogP contribution in [0.2, 0.25) is 0 Å². The van der Waals surface area contributed by atoms with E-state index >= 15 is 0 Å². The molecule has 2 amide bonds. The standard InChI is InChI=1S/C13H20N2O4/c1-9(7-10-5-4-6-19-10)15-12(18)14-8-13(2,3)11(16)17/h4-6,9H,7-8H2,1-3H3,(H,16,17)(H2,14,15,18). The van der Waals surface area contributed by atoms with Crippen molar-refractivity contribution in [1.82, 2.24) is 10.6 Å². The van der Waals surface area contributed by atoms with Gasteiger partial charge in [0, 0.05) is 19.0 Å². The van der Waals surface area contributed by atoms with E-state index in [1.54, 1.807) is 26.2 Å². The lowest BCUT2D eigenvalue weighted by Crippen LogP contribution is -2.46. The Labute approximate surface area is 112 Å². The minimum atomic E-state index is -0.985. The van der Waals surface area contributed by atoms with Gasteiger partial charge >= 0.3 is 12.0 Å². The summed E-state index contributed by atoms with van der Waals surface area (Å²) < 4.78 is 5.18. The fourth-order valence-corrected chi connectivity index (χ4v) is 1.43. The first-order valence-electron chi connectivity index (χ1n) is 6.11. The summed E-state index contributed by atoms with van der Waals surface area (Å²) in [6.45, 7) is 5.04. The second-order valence-electron chi connectivity index (χ2n) is 5.20. The molecule has 0 bridgehead atoms. The van der Waals surface area contributed by atoms with Gasteiger partial charge in [-0.15, -0.1) is 0 Å². The Kier molecular flexibility index (Phi) is 4.97. The van der Waals surface area contributed by atoms with Crippen molar-refractivity contribution in [3.8, 4) is 0 Å². The van der Waals surface area contributed by atoms with Crippen LogP contribution in [0.5, 0.6) is 0 Å². The Bertz CT molecular complexity index is 426. The zero-order valence-electron chi connectivity index (χ0n) is 11.4. The molecule has 19 heavy (non-hydrogen) atoms. The highest BCUT2D eigenvalue weighted by atomic mass is 16.4. The van der Waals surface area contributed by atoms with Crippen molar-refractivity contribution in [2.24, 2.45) is 5.41 Å². The molecule has 0 saturated heterocycles. The van der Waals surface area contributed by atoms with E-state index in [2.05, 4.69) is 10.6 Å². The maximum atomic E-state index is 11.6. The largest absolute Gasteiger partial charge is 0.481 e. The second-order valence-corrected chi connectivity index (χ2v) is 5.20. The molecule has 6 heteroatoms. The third-order valence-corrected chi connectivity index (χ3v) is 2.73. The Balaban J connectivity index is 2.33. The number of nitrogens with one attached hydrogen (secondary N) is 2. The predicted octanol–water partition coefficient (Wildman–Crippen LogP) is 1.62. The van der Waals surface area contributed by atoms with Crippen LogP contribution < -0.4 is 10.6 Å². The first-order valence-corrected chi connectivity index (χ1v) is 6.11. The molecular weight excluding hydrogens is 248 g/mol. The van der Waals surface area contributed by atoms with Gasteiger partial charge in [0.15, 0.2) is 0 Å². The predicted molar refractivity (Wildman–Crippen MR) is 69.8 cm³/mol. The number of aliphatic carboxylic acids is 1. The Morgan fingerprint density at radius 2 is 2.16 bits per heavy atom. The lowest BCUT2D eigenvalue weighted by atomic mass is 9.94. The van der Waals surface area contributed by atoms with Crippen LogP contribution in [0.15, 0.2) is 22.8 Å². The highest BCUT2D eigenvalue weighted by Gasteiger charge is 2.27. The summed E-state index contributed by atoms with van der Waals surface area (Å²) in [6, 6.07) is 3.15. The van der Waals surface area contributed by atoms with E-state index in [0.717, 1.165) is 5.76 Å². The van der Waals surface area contributed by atoms with Crippen LogP contribution in [0, 0.1) is 5.41 Å². The number of hydrogen-bond acceptors (Lipinski definition) is 3. The van der Waals surface area contributed by atoms with Gasteiger partial charge in [-0.05, 0) is 32.9 Å². The topological polar surface area (TPSA) is 91.6 Å². The Morgan fingerprint density at radius 3 is 2.68 bits per heavy atom. The smallest absolute Gasteiger partial charge is 0.315 e. The van der Waals surface area contributed by atoms with Crippen LogP contribution in [0.4, 0.5) is 4.79 Å². The van der Waals surface area contributed by atoms with Crippen LogP contribution in [0.3, 0.4) is 0 Å². The first-order chi connectivity index (χ1) is 8.81. The molecule has 0 aromatic carbocycles. The molecule has 0 radical (unpaired) electrons. The highest BCUT2D eigenvalue weighted by molar-refractivity contribution is 5.77. The molecule has 1 atom stereocenters. The highest BCUT2D eigenvalue weighted by Crippen LogP contribution is 2.12. The van der Waals surface area contributed by atoms with Gasteiger partial charge in [-0.25, -0.2) is 4.79 Å². The number of hydrogen-bond donors (Lipinski definition) is 3. The number of furan rings is 1. The number of carboxylic acid groups (broad SMARTS) is 1. The number of urea groups is 1. The maximum absolute atomic E-state index is 11.6. The van der Waals surface area contributed by atoms with Crippen molar-refractivity contribution in [2.75, 3.05) is 6.54 Å². The molecule has 1 aromatic heterocycles. The van der Waals surface area contributed by atoms with Gasteiger partial charge < -0.3 is 20.2 Å². The fourth-order valence-electron chi connectivity index (χ4n) is 1.43. The van der Waals surface area contributed by atoms with Crippen LogP contribution in [0.1, 0.15) is 26.5 Å². The van der Waals surface area contributed by atoms with E-state index in [1.807, 2.05) is 13.0 Å². The molecule has 3 N–H and O–H groups in total. The molecule has 0 fully saturated rings. The summed E-state index contributed by atoms with van der Waals surface area (Å²) in [6.07, 6.45) is 2.17. The van der Waals surface area contributed by atoms with E-state index in [-0.39, 0.29) is 18.6 Å². The van der Waals surface area contributed by atoms with Crippen molar-refractivity contribution in [3.63, 3.8) is 0 Å². The number of amides is 2. The maximum Gasteiger partial charge on any atom is 0.315 e. The summed E-state index contributed by atoms with van der Waals surface area (Å²) in [4.78, 5) is 22.5. The van der Waals surface area contributed by atoms with Gasteiger partial charge in [-0.2, -0.15) is 0 Å². The van der Waals surface area contributed by atoms with Crippen molar-refractivity contribution >= 4 is 12.0 Å². The van der Waals surface area contributed by atoms with Crippen molar-refractivity contribution in [1.29, 1.82) is 0 Å². The number of carbonyl (C=O) groups excluding carboxylic acids is 1.